The molecule has 1 unspecified atom stereocenters. The summed E-state index contributed by atoms with van der Waals surface area (Å²) in [6, 6.07) is 8.93. The summed E-state index contributed by atoms with van der Waals surface area (Å²) in [6.45, 7) is 6.66. The molecule has 0 amide bonds. The van der Waals surface area contributed by atoms with Crippen molar-refractivity contribution in [2.24, 2.45) is 0 Å². The molecule has 5 nitrogen and oxygen atoms in total. The van der Waals surface area contributed by atoms with Crippen molar-refractivity contribution in [2.75, 3.05) is 20.2 Å². The molecule has 1 fully saturated rings. The zero-order valence-corrected chi connectivity index (χ0v) is 12.9. The first-order valence-electron chi connectivity index (χ1n) is 7.48. The maximum absolute atomic E-state index is 5.40. The Bertz CT molecular complexity index is 608. The molecule has 1 aliphatic heterocycles. The van der Waals surface area contributed by atoms with Gasteiger partial charge in [-0.25, -0.2) is 4.68 Å². The van der Waals surface area contributed by atoms with Crippen LogP contribution in [0, 0.1) is 0 Å². The van der Waals surface area contributed by atoms with Crippen molar-refractivity contribution in [3.05, 3.63) is 30.5 Å². The Morgan fingerprint density at radius 1 is 1.29 bits per heavy atom. The quantitative estimate of drug-likeness (QED) is 0.866. The van der Waals surface area contributed by atoms with Crippen molar-refractivity contribution in [1.29, 1.82) is 0 Å². The van der Waals surface area contributed by atoms with Crippen molar-refractivity contribution in [2.45, 2.75) is 32.4 Å². The average molecular weight is 286 g/mol. The second kappa shape index (κ2) is 5.85. The molecule has 1 atom stereocenters. The van der Waals surface area contributed by atoms with Crippen molar-refractivity contribution in [1.82, 2.24) is 19.9 Å². The number of methoxy groups -OCH3 is 1. The Kier molecular flexibility index (Phi) is 3.92. The summed E-state index contributed by atoms with van der Waals surface area (Å²) in [7, 11) is 1.68. The third-order valence-corrected chi connectivity index (χ3v) is 4.19. The first-order chi connectivity index (χ1) is 10.2. The number of rotatable bonds is 4. The van der Waals surface area contributed by atoms with Gasteiger partial charge in [0.1, 0.15) is 11.4 Å². The largest absolute Gasteiger partial charge is 0.496 e. The molecule has 2 aromatic rings. The van der Waals surface area contributed by atoms with E-state index in [0.717, 1.165) is 36.5 Å². The molecule has 1 aliphatic rings. The number of benzene rings is 1. The molecule has 5 heteroatoms. The first kappa shape index (κ1) is 14.1. The predicted octanol–water partition coefficient (Wildman–Crippen LogP) is 2.61. The highest BCUT2D eigenvalue weighted by Gasteiger charge is 2.26. The Balaban J connectivity index is 1.81. The van der Waals surface area contributed by atoms with E-state index in [1.165, 1.54) is 0 Å². The van der Waals surface area contributed by atoms with Gasteiger partial charge in [-0.2, -0.15) is 0 Å². The van der Waals surface area contributed by atoms with Gasteiger partial charge in [0.15, 0.2) is 0 Å². The lowest BCUT2D eigenvalue weighted by molar-refractivity contribution is 0.262. The second-order valence-corrected chi connectivity index (χ2v) is 5.82. The van der Waals surface area contributed by atoms with Crippen LogP contribution >= 0.6 is 0 Å². The van der Waals surface area contributed by atoms with Gasteiger partial charge in [-0.15, -0.1) is 5.10 Å². The summed E-state index contributed by atoms with van der Waals surface area (Å²) < 4.78 is 7.40. The lowest BCUT2D eigenvalue weighted by Crippen LogP contribution is -2.28. The van der Waals surface area contributed by atoms with Crippen LogP contribution < -0.4 is 4.74 Å². The maximum Gasteiger partial charge on any atom is 0.128 e. The molecule has 21 heavy (non-hydrogen) atoms. The molecule has 1 saturated heterocycles. The minimum absolute atomic E-state index is 0.420. The number of hydrogen-bond donors (Lipinski definition) is 0. The summed E-state index contributed by atoms with van der Waals surface area (Å²) in [6.07, 6.45) is 3.17. The molecule has 0 aliphatic carbocycles. The van der Waals surface area contributed by atoms with E-state index in [9.17, 15) is 0 Å². The lowest BCUT2D eigenvalue weighted by Gasteiger charge is -2.19. The van der Waals surface area contributed by atoms with E-state index in [4.69, 9.17) is 4.74 Å². The van der Waals surface area contributed by atoms with Crippen LogP contribution in [0.25, 0.3) is 11.3 Å². The zero-order chi connectivity index (χ0) is 14.8. The van der Waals surface area contributed by atoms with Gasteiger partial charge in [-0.3, -0.25) is 4.90 Å². The Morgan fingerprint density at radius 3 is 2.81 bits per heavy atom. The highest BCUT2D eigenvalue weighted by Crippen LogP contribution is 2.29. The van der Waals surface area contributed by atoms with Gasteiger partial charge in [0.05, 0.1) is 19.3 Å². The van der Waals surface area contributed by atoms with Crippen LogP contribution in [0.4, 0.5) is 0 Å². The molecule has 1 aromatic heterocycles. The third kappa shape index (κ3) is 2.78. The van der Waals surface area contributed by atoms with E-state index in [1.807, 2.05) is 35.1 Å². The zero-order valence-electron chi connectivity index (χ0n) is 12.9. The summed E-state index contributed by atoms with van der Waals surface area (Å²) in [5, 5.41) is 8.65. The van der Waals surface area contributed by atoms with E-state index in [1.54, 1.807) is 7.11 Å². The smallest absolute Gasteiger partial charge is 0.128 e. The number of nitrogens with zero attached hydrogens (tertiary/aromatic N) is 4. The number of hydrogen-bond acceptors (Lipinski definition) is 4. The Morgan fingerprint density at radius 2 is 2.10 bits per heavy atom. The molecule has 0 radical (unpaired) electrons. The molecule has 2 heterocycles. The molecule has 0 bridgehead atoms. The summed E-state index contributed by atoms with van der Waals surface area (Å²) in [5.41, 5.74) is 1.86. The average Bonchev–Trinajstić information content (AvgIpc) is 3.16. The molecular weight excluding hydrogens is 264 g/mol. The third-order valence-electron chi connectivity index (χ3n) is 4.19. The SMILES string of the molecule is COc1ccccc1-c1cn(C2CCN(C(C)C)C2)nn1. The van der Waals surface area contributed by atoms with Crippen LogP contribution in [-0.2, 0) is 0 Å². The van der Waals surface area contributed by atoms with E-state index in [0.29, 0.717) is 12.1 Å². The molecule has 0 spiro atoms. The summed E-state index contributed by atoms with van der Waals surface area (Å²) in [5.74, 6) is 0.833. The topological polar surface area (TPSA) is 43.2 Å². The Labute approximate surface area is 125 Å². The van der Waals surface area contributed by atoms with E-state index < -0.39 is 0 Å². The second-order valence-electron chi connectivity index (χ2n) is 5.82. The monoisotopic (exact) mass is 286 g/mol. The first-order valence-corrected chi connectivity index (χ1v) is 7.48. The number of aromatic nitrogens is 3. The summed E-state index contributed by atoms with van der Waals surface area (Å²) in [4.78, 5) is 2.48. The predicted molar refractivity (Wildman–Crippen MR) is 82.4 cm³/mol. The van der Waals surface area contributed by atoms with Gasteiger partial charge in [0.2, 0.25) is 0 Å². The van der Waals surface area contributed by atoms with Crippen molar-refractivity contribution >= 4 is 0 Å². The molecule has 3 rings (SSSR count). The van der Waals surface area contributed by atoms with Gasteiger partial charge in [0, 0.05) is 24.7 Å². The van der Waals surface area contributed by atoms with Crippen molar-refractivity contribution in [3.8, 4) is 17.0 Å². The molecule has 112 valence electrons. The van der Waals surface area contributed by atoms with E-state index >= 15 is 0 Å². The number of ether oxygens (including phenoxy) is 1. The van der Waals surface area contributed by atoms with E-state index in [2.05, 4.69) is 29.1 Å². The molecule has 0 saturated carbocycles. The van der Waals surface area contributed by atoms with Gasteiger partial charge >= 0.3 is 0 Å². The van der Waals surface area contributed by atoms with Crippen LogP contribution in [0.2, 0.25) is 0 Å². The standard InChI is InChI=1S/C16H22N4O/c1-12(2)19-9-8-13(10-19)20-11-15(17-18-20)14-6-4-5-7-16(14)21-3/h4-7,11-13H,8-10H2,1-3H3. The number of likely N-dealkylation sites (tertiary alicyclic amines) is 1. The normalized spacial score (nSPS) is 19.3. The van der Waals surface area contributed by atoms with Crippen LogP contribution in [0.15, 0.2) is 30.5 Å². The van der Waals surface area contributed by atoms with Gasteiger partial charge in [-0.1, -0.05) is 17.3 Å². The van der Waals surface area contributed by atoms with Gasteiger partial charge < -0.3 is 4.74 Å². The summed E-state index contributed by atoms with van der Waals surface area (Å²) >= 11 is 0. The van der Waals surface area contributed by atoms with Crippen molar-refractivity contribution < 1.29 is 4.74 Å². The minimum atomic E-state index is 0.420. The fourth-order valence-corrected chi connectivity index (χ4v) is 2.89. The van der Waals surface area contributed by atoms with Gasteiger partial charge in [0.25, 0.3) is 0 Å². The van der Waals surface area contributed by atoms with Crippen LogP contribution in [0.5, 0.6) is 5.75 Å². The van der Waals surface area contributed by atoms with Crippen LogP contribution in [-0.4, -0.2) is 46.1 Å². The van der Waals surface area contributed by atoms with Crippen molar-refractivity contribution in [3.63, 3.8) is 0 Å². The molecule has 0 N–H and O–H groups in total. The van der Waals surface area contributed by atoms with E-state index in [-0.39, 0.29) is 0 Å². The lowest BCUT2D eigenvalue weighted by atomic mass is 10.1. The fraction of sp³-hybridized carbons (Fsp3) is 0.500. The number of para-hydroxylation sites is 1. The van der Waals surface area contributed by atoms with Crippen LogP contribution in [0.1, 0.15) is 26.3 Å². The molecule has 1 aromatic carbocycles. The Hall–Kier alpha value is -1.88. The minimum Gasteiger partial charge on any atom is -0.496 e. The highest BCUT2D eigenvalue weighted by atomic mass is 16.5. The highest BCUT2D eigenvalue weighted by molar-refractivity contribution is 5.66. The van der Waals surface area contributed by atoms with Crippen LogP contribution in [0.3, 0.4) is 0 Å². The molecular formula is C16H22N4O. The fourth-order valence-electron chi connectivity index (χ4n) is 2.89. The maximum atomic E-state index is 5.40. The van der Waals surface area contributed by atoms with Gasteiger partial charge in [-0.05, 0) is 32.4 Å².